The van der Waals surface area contributed by atoms with E-state index in [0.717, 1.165) is 11.3 Å². The molecular formula is C21H18N4O3S. The standard InChI is InChI=1S/C21H18N4O3S/c1-12-4-3-5-13(8-12)24-10-22-21-25(11-24)20(27)18(29-21)17-15-9-14(28-2)6-7-16(15)23-19(17)26/h3-9H,10-11H2,1-2H3,(H,23,26)/b18-17-. The number of methoxy groups -OCH3 is 1. The number of carbonyl (C=O) groups excluding carboxylic acids is 1. The van der Waals surface area contributed by atoms with E-state index in [9.17, 15) is 9.59 Å². The summed E-state index contributed by atoms with van der Waals surface area (Å²) in [6.07, 6.45) is 0. The van der Waals surface area contributed by atoms with Crippen molar-refractivity contribution >= 4 is 34.2 Å². The topological polar surface area (TPSA) is 75.9 Å². The average Bonchev–Trinajstić information content (AvgIpc) is 3.22. The Bertz CT molecular complexity index is 1340. The van der Waals surface area contributed by atoms with Gasteiger partial charge in [-0.25, -0.2) is 4.99 Å². The molecule has 2 aliphatic rings. The van der Waals surface area contributed by atoms with Gasteiger partial charge in [0.15, 0.2) is 4.80 Å². The Hall–Kier alpha value is -3.39. The molecule has 0 unspecified atom stereocenters. The highest BCUT2D eigenvalue weighted by molar-refractivity contribution is 7.07. The van der Waals surface area contributed by atoms with Crippen molar-refractivity contribution in [3.05, 3.63) is 73.3 Å². The van der Waals surface area contributed by atoms with Gasteiger partial charge in [-0.2, -0.15) is 0 Å². The van der Waals surface area contributed by atoms with E-state index in [1.54, 1.807) is 29.9 Å². The van der Waals surface area contributed by atoms with Crippen LogP contribution in [0, 0.1) is 6.92 Å². The Morgan fingerprint density at radius 3 is 2.83 bits per heavy atom. The number of anilines is 2. The van der Waals surface area contributed by atoms with Gasteiger partial charge in [0.25, 0.3) is 11.5 Å². The fourth-order valence-electron chi connectivity index (χ4n) is 3.65. The van der Waals surface area contributed by atoms with Crippen LogP contribution in [0.2, 0.25) is 0 Å². The first-order valence-electron chi connectivity index (χ1n) is 9.15. The molecule has 0 saturated carbocycles. The number of thiazole rings is 1. The van der Waals surface area contributed by atoms with Crippen molar-refractivity contribution in [2.75, 3.05) is 24.0 Å². The average molecular weight is 406 g/mol. The van der Waals surface area contributed by atoms with Crippen LogP contribution < -0.4 is 29.8 Å². The monoisotopic (exact) mass is 406 g/mol. The van der Waals surface area contributed by atoms with E-state index < -0.39 is 0 Å². The number of nitrogens with zero attached hydrogens (tertiary/aromatic N) is 3. The van der Waals surface area contributed by atoms with Gasteiger partial charge in [0.2, 0.25) is 0 Å². The van der Waals surface area contributed by atoms with E-state index in [1.807, 2.05) is 30.0 Å². The van der Waals surface area contributed by atoms with E-state index in [4.69, 9.17) is 4.74 Å². The van der Waals surface area contributed by atoms with E-state index in [0.29, 0.717) is 45.2 Å². The van der Waals surface area contributed by atoms with Crippen LogP contribution in [0.15, 0.2) is 52.3 Å². The fraction of sp³-hybridized carbons (Fsp3) is 0.190. The first kappa shape index (κ1) is 17.7. The second kappa shape index (κ2) is 6.59. The number of aromatic nitrogens is 1. The zero-order valence-corrected chi connectivity index (χ0v) is 16.7. The van der Waals surface area contributed by atoms with E-state index >= 15 is 0 Å². The molecule has 0 atom stereocenters. The molecule has 7 nitrogen and oxygen atoms in total. The number of ether oxygens (including phenoxy) is 1. The summed E-state index contributed by atoms with van der Waals surface area (Å²) in [6, 6.07) is 13.4. The fourth-order valence-corrected chi connectivity index (χ4v) is 4.71. The Labute approximate surface area is 170 Å². The molecule has 1 N–H and O–H groups in total. The number of fused-ring (bicyclic) bond motifs is 2. The number of hydrogen-bond donors (Lipinski definition) is 1. The summed E-state index contributed by atoms with van der Waals surface area (Å²) in [7, 11) is 1.57. The molecule has 1 aromatic heterocycles. The molecule has 0 bridgehead atoms. The van der Waals surface area contributed by atoms with Crippen molar-refractivity contribution in [1.82, 2.24) is 4.57 Å². The second-order valence-electron chi connectivity index (χ2n) is 7.01. The zero-order valence-electron chi connectivity index (χ0n) is 15.9. The Morgan fingerprint density at radius 2 is 2.03 bits per heavy atom. The summed E-state index contributed by atoms with van der Waals surface area (Å²) in [5, 5.41) is 2.83. The molecule has 1 amide bonds. The number of amides is 1. The highest BCUT2D eigenvalue weighted by atomic mass is 32.1. The number of rotatable bonds is 2. The number of benzene rings is 2. The number of nitrogens with one attached hydrogen (secondary N) is 1. The molecule has 0 fully saturated rings. The minimum atomic E-state index is -0.278. The molecule has 0 spiro atoms. The summed E-state index contributed by atoms with van der Waals surface area (Å²) < 4.78 is 7.32. The molecule has 2 aliphatic heterocycles. The van der Waals surface area contributed by atoms with Gasteiger partial charge >= 0.3 is 0 Å². The van der Waals surface area contributed by atoms with Crippen LogP contribution in [0.3, 0.4) is 0 Å². The summed E-state index contributed by atoms with van der Waals surface area (Å²) in [4.78, 5) is 33.1. The maximum absolute atomic E-state index is 13.2. The number of hydrogen-bond acceptors (Lipinski definition) is 6. The quantitative estimate of drug-likeness (QED) is 0.699. The van der Waals surface area contributed by atoms with Crippen molar-refractivity contribution in [2.24, 2.45) is 4.99 Å². The van der Waals surface area contributed by atoms with Crippen LogP contribution in [0.4, 0.5) is 11.4 Å². The van der Waals surface area contributed by atoms with Gasteiger partial charge in [-0.1, -0.05) is 23.5 Å². The molecule has 29 heavy (non-hydrogen) atoms. The maximum Gasteiger partial charge on any atom is 0.272 e. The molecule has 146 valence electrons. The van der Waals surface area contributed by atoms with Crippen LogP contribution in [-0.4, -0.2) is 24.3 Å². The van der Waals surface area contributed by atoms with E-state index in [2.05, 4.69) is 16.4 Å². The minimum absolute atomic E-state index is 0.202. The Balaban J connectivity index is 1.65. The van der Waals surface area contributed by atoms with Crippen LogP contribution >= 0.6 is 11.3 Å². The summed E-state index contributed by atoms with van der Waals surface area (Å²) in [6.45, 7) is 2.90. The molecular weight excluding hydrogens is 388 g/mol. The normalized spacial score (nSPS) is 16.8. The largest absolute Gasteiger partial charge is 0.497 e. The lowest BCUT2D eigenvalue weighted by Gasteiger charge is -2.25. The lowest BCUT2D eigenvalue weighted by atomic mass is 10.1. The van der Waals surface area contributed by atoms with Crippen LogP contribution in [0.1, 0.15) is 11.1 Å². The van der Waals surface area contributed by atoms with Crippen molar-refractivity contribution < 1.29 is 9.53 Å². The number of carbonyl (C=O) groups is 1. The first-order valence-corrected chi connectivity index (χ1v) is 9.96. The Morgan fingerprint density at radius 1 is 1.17 bits per heavy atom. The minimum Gasteiger partial charge on any atom is -0.497 e. The summed E-state index contributed by atoms with van der Waals surface area (Å²) in [5.74, 6) is 0.356. The molecule has 0 aliphatic carbocycles. The first-order chi connectivity index (χ1) is 14.0. The highest BCUT2D eigenvalue weighted by Crippen LogP contribution is 2.33. The van der Waals surface area contributed by atoms with E-state index in [1.165, 1.54) is 11.3 Å². The van der Waals surface area contributed by atoms with Gasteiger partial charge in [-0.15, -0.1) is 0 Å². The lowest BCUT2D eigenvalue weighted by molar-refractivity contribution is -0.110. The predicted octanol–water partition coefficient (Wildman–Crippen LogP) is 1.43. The van der Waals surface area contributed by atoms with Gasteiger partial charge in [0.1, 0.15) is 23.6 Å². The summed E-state index contributed by atoms with van der Waals surface area (Å²) in [5.41, 5.74) is 3.71. The van der Waals surface area contributed by atoms with Crippen molar-refractivity contribution in [3.63, 3.8) is 0 Å². The molecule has 5 rings (SSSR count). The SMILES string of the molecule is COc1ccc2c(c1)/C(=c1/sc3n(c1=O)CN(c1cccc(C)c1)CN=3)C(=O)N2. The highest BCUT2D eigenvalue weighted by Gasteiger charge is 2.28. The second-order valence-corrected chi connectivity index (χ2v) is 7.98. The lowest BCUT2D eigenvalue weighted by Crippen LogP contribution is -2.43. The van der Waals surface area contributed by atoms with Gasteiger partial charge in [-0.05, 0) is 42.8 Å². The van der Waals surface area contributed by atoms with Crippen molar-refractivity contribution in [2.45, 2.75) is 13.6 Å². The molecule has 3 aromatic rings. The van der Waals surface area contributed by atoms with Crippen molar-refractivity contribution in [3.8, 4) is 5.75 Å². The molecule has 0 radical (unpaired) electrons. The Kier molecular flexibility index (Phi) is 4.02. The zero-order chi connectivity index (χ0) is 20.1. The van der Waals surface area contributed by atoms with Gasteiger partial charge in [-0.3, -0.25) is 14.2 Å². The maximum atomic E-state index is 13.2. The molecule has 8 heteroatoms. The van der Waals surface area contributed by atoms with Crippen LogP contribution in [0.5, 0.6) is 5.75 Å². The van der Waals surface area contributed by atoms with Crippen LogP contribution in [-0.2, 0) is 11.5 Å². The van der Waals surface area contributed by atoms with Gasteiger partial charge in [0, 0.05) is 16.9 Å². The van der Waals surface area contributed by atoms with E-state index in [-0.39, 0.29) is 11.5 Å². The predicted molar refractivity (Wildman–Crippen MR) is 112 cm³/mol. The number of aryl methyl sites for hydroxylation is 1. The smallest absolute Gasteiger partial charge is 0.272 e. The van der Waals surface area contributed by atoms with Crippen LogP contribution in [0.25, 0.3) is 5.57 Å². The van der Waals surface area contributed by atoms with Crippen molar-refractivity contribution in [1.29, 1.82) is 0 Å². The molecule has 3 heterocycles. The third-order valence-corrected chi connectivity index (χ3v) is 6.23. The molecule has 0 saturated heterocycles. The third-order valence-electron chi connectivity index (χ3n) is 5.12. The summed E-state index contributed by atoms with van der Waals surface area (Å²) >= 11 is 1.26. The van der Waals surface area contributed by atoms with Gasteiger partial charge in [0.05, 0.1) is 12.7 Å². The molecule has 2 aromatic carbocycles. The third kappa shape index (κ3) is 2.84. The van der Waals surface area contributed by atoms with Gasteiger partial charge < -0.3 is 15.0 Å².